The molecule has 1 amide bonds. The molecular formula is C17H13N7OS2. The number of amides is 1. The molecule has 0 unspecified atom stereocenters. The average molecular weight is 395 g/mol. The molecule has 0 aliphatic rings. The summed E-state index contributed by atoms with van der Waals surface area (Å²) in [7, 11) is 0. The Morgan fingerprint density at radius 1 is 1.11 bits per heavy atom. The van der Waals surface area contributed by atoms with Crippen LogP contribution < -0.4 is 5.32 Å². The second-order valence-corrected chi connectivity index (χ2v) is 7.08. The summed E-state index contributed by atoms with van der Waals surface area (Å²) in [5.74, 6) is 0.668. The van der Waals surface area contributed by atoms with E-state index in [1.165, 1.54) is 23.1 Å². The molecule has 1 N–H and O–H groups in total. The van der Waals surface area contributed by atoms with Crippen molar-refractivity contribution >= 4 is 34.1 Å². The van der Waals surface area contributed by atoms with E-state index in [4.69, 9.17) is 0 Å². The number of nitrogens with one attached hydrogen (secondary N) is 1. The van der Waals surface area contributed by atoms with Crippen molar-refractivity contribution in [1.82, 2.24) is 29.9 Å². The van der Waals surface area contributed by atoms with Crippen molar-refractivity contribution in [3.8, 4) is 17.1 Å². The van der Waals surface area contributed by atoms with E-state index in [0.29, 0.717) is 16.1 Å². The summed E-state index contributed by atoms with van der Waals surface area (Å²) < 4.78 is 1.92. The quantitative estimate of drug-likeness (QED) is 0.501. The molecule has 134 valence electrons. The third kappa shape index (κ3) is 4.01. The van der Waals surface area contributed by atoms with Crippen molar-refractivity contribution in [2.75, 3.05) is 11.1 Å². The normalized spacial score (nSPS) is 10.7. The van der Waals surface area contributed by atoms with Gasteiger partial charge in [-0.2, -0.15) is 0 Å². The van der Waals surface area contributed by atoms with Crippen LogP contribution in [-0.2, 0) is 4.79 Å². The predicted octanol–water partition coefficient (Wildman–Crippen LogP) is 2.91. The third-order valence-corrected chi connectivity index (χ3v) is 5.04. The summed E-state index contributed by atoms with van der Waals surface area (Å²) >= 11 is 2.57. The van der Waals surface area contributed by atoms with Gasteiger partial charge in [0.15, 0.2) is 11.0 Å². The summed E-state index contributed by atoms with van der Waals surface area (Å²) in [5, 5.41) is 19.9. The van der Waals surface area contributed by atoms with Gasteiger partial charge >= 0.3 is 0 Å². The van der Waals surface area contributed by atoms with E-state index < -0.39 is 0 Å². The van der Waals surface area contributed by atoms with Gasteiger partial charge in [-0.05, 0) is 24.3 Å². The molecule has 3 heterocycles. The highest BCUT2D eigenvalue weighted by Crippen LogP contribution is 2.27. The van der Waals surface area contributed by atoms with Crippen LogP contribution in [0.15, 0.2) is 65.5 Å². The lowest BCUT2D eigenvalue weighted by molar-refractivity contribution is -0.113. The number of hydrogen-bond donors (Lipinski definition) is 1. The van der Waals surface area contributed by atoms with E-state index in [0.717, 1.165) is 11.3 Å². The lowest BCUT2D eigenvalue weighted by Crippen LogP contribution is -2.14. The van der Waals surface area contributed by atoms with Gasteiger partial charge in [0.1, 0.15) is 5.51 Å². The zero-order valence-electron chi connectivity index (χ0n) is 13.9. The van der Waals surface area contributed by atoms with Gasteiger partial charge in [-0.3, -0.25) is 19.7 Å². The minimum atomic E-state index is -0.178. The number of carbonyl (C=O) groups is 1. The van der Waals surface area contributed by atoms with Gasteiger partial charge in [-0.1, -0.05) is 41.3 Å². The Morgan fingerprint density at radius 2 is 2.00 bits per heavy atom. The van der Waals surface area contributed by atoms with Crippen LogP contribution in [0.5, 0.6) is 0 Å². The van der Waals surface area contributed by atoms with Gasteiger partial charge in [0.05, 0.1) is 5.75 Å². The lowest BCUT2D eigenvalue weighted by atomic mass is 10.2. The molecule has 0 aliphatic heterocycles. The fourth-order valence-corrected chi connectivity index (χ4v) is 3.58. The monoisotopic (exact) mass is 395 g/mol. The van der Waals surface area contributed by atoms with Gasteiger partial charge in [0.25, 0.3) is 0 Å². The highest BCUT2D eigenvalue weighted by Gasteiger charge is 2.17. The number of benzene rings is 1. The van der Waals surface area contributed by atoms with E-state index in [-0.39, 0.29) is 11.7 Å². The molecule has 1 aromatic carbocycles. The Labute approximate surface area is 162 Å². The standard InChI is InChI=1S/C17H13N7OS2/c25-14(20-16-22-19-11-27-16)10-26-17-23-21-15(12-5-4-8-18-9-12)24(17)13-6-2-1-3-7-13/h1-9,11H,10H2,(H,20,22,25). The molecule has 0 atom stereocenters. The topological polar surface area (TPSA) is 98.5 Å². The Hall–Kier alpha value is -3.11. The fourth-order valence-electron chi connectivity index (χ4n) is 2.37. The van der Waals surface area contributed by atoms with Crippen molar-refractivity contribution in [2.24, 2.45) is 0 Å². The number of pyridine rings is 1. The van der Waals surface area contributed by atoms with Crippen LogP contribution in [-0.4, -0.2) is 41.6 Å². The predicted molar refractivity (Wildman–Crippen MR) is 104 cm³/mol. The first-order chi connectivity index (χ1) is 13.3. The van der Waals surface area contributed by atoms with Crippen molar-refractivity contribution < 1.29 is 4.79 Å². The number of carbonyl (C=O) groups excluding carboxylic acids is 1. The Morgan fingerprint density at radius 3 is 2.74 bits per heavy atom. The number of thioether (sulfide) groups is 1. The zero-order valence-corrected chi connectivity index (χ0v) is 15.5. The van der Waals surface area contributed by atoms with Crippen molar-refractivity contribution in [3.05, 3.63) is 60.4 Å². The number of hydrogen-bond acceptors (Lipinski definition) is 8. The van der Waals surface area contributed by atoms with Crippen LogP contribution in [0.3, 0.4) is 0 Å². The van der Waals surface area contributed by atoms with E-state index in [1.807, 2.05) is 47.0 Å². The highest BCUT2D eigenvalue weighted by molar-refractivity contribution is 7.99. The molecule has 0 saturated heterocycles. The van der Waals surface area contributed by atoms with E-state index in [2.05, 4.69) is 30.7 Å². The maximum absolute atomic E-state index is 12.1. The lowest BCUT2D eigenvalue weighted by Gasteiger charge is -2.10. The molecule has 10 heteroatoms. The number of para-hydroxylation sites is 1. The number of aromatic nitrogens is 6. The van der Waals surface area contributed by atoms with Gasteiger partial charge < -0.3 is 0 Å². The Bertz CT molecular complexity index is 1020. The summed E-state index contributed by atoms with van der Waals surface area (Å²) in [6.45, 7) is 0. The molecule has 0 spiro atoms. The van der Waals surface area contributed by atoms with Crippen LogP contribution in [0.4, 0.5) is 5.13 Å². The minimum Gasteiger partial charge on any atom is -0.300 e. The minimum absolute atomic E-state index is 0.178. The second-order valence-electron chi connectivity index (χ2n) is 5.30. The van der Waals surface area contributed by atoms with Gasteiger partial charge in [0.2, 0.25) is 11.0 Å². The first kappa shape index (κ1) is 17.3. The Kier molecular flexibility index (Phi) is 5.17. The number of anilines is 1. The van der Waals surface area contributed by atoms with E-state index in [1.54, 1.807) is 17.9 Å². The zero-order chi connectivity index (χ0) is 18.5. The molecule has 0 radical (unpaired) electrons. The fraction of sp³-hybridized carbons (Fsp3) is 0.0588. The molecule has 3 aromatic heterocycles. The molecule has 8 nitrogen and oxygen atoms in total. The van der Waals surface area contributed by atoms with Gasteiger partial charge in [-0.15, -0.1) is 20.4 Å². The molecule has 0 aliphatic carbocycles. The summed E-state index contributed by atoms with van der Waals surface area (Å²) in [6.07, 6.45) is 3.44. The SMILES string of the molecule is O=C(CSc1nnc(-c2cccnc2)n1-c1ccccc1)Nc1nncs1. The summed E-state index contributed by atoms with van der Waals surface area (Å²) in [5.41, 5.74) is 3.32. The molecule has 0 fully saturated rings. The number of rotatable bonds is 6. The van der Waals surface area contributed by atoms with Crippen molar-refractivity contribution in [1.29, 1.82) is 0 Å². The first-order valence-electron chi connectivity index (χ1n) is 7.91. The molecule has 0 saturated carbocycles. The smallest absolute Gasteiger partial charge is 0.236 e. The molecule has 4 aromatic rings. The van der Waals surface area contributed by atoms with Crippen LogP contribution >= 0.6 is 23.1 Å². The van der Waals surface area contributed by atoms with Crippen LogP contribution in [0.25, 0.3) is 17.1 Å². The van der Waals surface area contributed by atoms with Crippen LogP contribution in [0.1, 0.15) is 0 Å². The third-order valence-electron chi connectivity index (χ3n) is 3.51. The number of nitrogens with zero attached hydrogens (tertiary/aromatic N) is 6. The largest absolute Gasteiger partial charge is 0.300 e. The highest BCUT2D eigenvalue weighted by atomic mass is 32.2. The summed E-state index contributed by atoms with van der Waals surface area (Å²) in [6, 6.07) is 13.5. The first-order valence-corrected chi connectivity index (χ1v) is 9.78. The molecular weight excluding hydrogens is 382 g/mol. The Balaban J connectivity index is 1.61. The van der Waals surface area contributed by atoms with E-state index in [9.17, 15) is 4.79 Å². The average Bonchev–Trinajstić information content (AvgIpc) is 3.37. The van der Waals surface area contributed by atoms with Crippen molar-refractivity contribution in [3.63, 3.8) is 0 Å². The van der Waals surface area contributed by atoms with Crippen molar-refractivity contribution in [2.45, 2.75) is 5.16 Å². The molecule has 4 rings (SSSR count). The molecule has 27 heavy (non-hydrogen) atoms. The van der Waals surface area contributed by atoms with Gasteiger partial charge in [-0.25, -0.2) is 0 Å². The van der Waals surface area contributed by atoms with E-state index >= 15 is 0 Å². The molecule has 0 bridgehead atoms. The van der Waals surface area contributed by atoms with Gasteiger partial charge in [0, 0.05) is 23.6 Å². The van der Waals surface area contributed by atoms with Crippen LogP contribution in [0, 0.1) is 0 Å². The summed E-state index contributed by atoms with van der Waals surface area (Å²) in [4.78, 5) is 16.3. The van der Waals surface area contributed by atoms with Crippen LogP contribution in [0.2, 0.25) is 0 Å². The maximum Gasteiger partial charge on any atom is 0.236 e. The second kappa shape index (κ2) is 8.06. The maximum atomic E-state index is 12.1.